The van der Waals surface area contributed by atoms with E-state index in [0.29, 0.717) is 5.82 Å². The molecular formula is C14H15BrN4O2. The lowest BCUT2D eigenvalue weighted by Crippen LogP contribution is -2.38. The molecule has 0 spiro atoms. The van der Waals surface area contributed by atoms with Crippen molar-refractivity contribution >= 4 is 28.0 Å². The molecule has 1 heterocycles. The number of halogens is 1. The Labute approximate surface area is 130 Å². The van der Waals surface area contributed by atoms with Gasteiger partial charge < -0.3 is 0 Å². The van der Waals surface area contributed by atoms with Crippen molar-refractivity contribution in [2.75, 3.05) is 12.1 Å². The van der Waals surface area contributed by atoms with Crippen molar-refractivity contribution in [1.29, 1.82) is 0 Å². The standard InChI is InChI=1S/C14H15BrN4O2/c1-17-12(8-13(20)18(2)14(17)21)19(3)16-9-10-4-6-11(15)7-5-10/h4-9H,1-3H3/b16-9+. The van der Waals surface area contributed by atoms with Crippen LogP contribution in [0.3, 0.4) is 0 Å². The Morgan fingerprint density at radius 1 is 1.14 bits per heavy atom. The lowest BCUT2D eigenvalue weighted by atomic mass is 10.2. The molecule has 1 aromatic heterocycles. The molecule has 0 aliphatic heterocycles. The molecule has 0 N–H and O–H groups in total. The predicted octanol–water partition coefficient (Wildman–Crippen LogP) is 1.32. The zero-order valence-electron chi connectivity index (χ0n) is 11.9. The third-order valence-corrected chi connectivity index (χ3v) is 3.61. The number of aromatic nitrogens is 2. The van der Waals surface area contributed by atoms with Gasteiger partial charge in [-0.1, -0.05) is 28.1 Å². The Morgan fingerprint density at radius 3 is 2.38 bits per heavy atom. The van der Waals surface area contributed by atoms with Crippen LogP contribution in [0.1, 0.15) is 5.56 Å². The molecule has 6 nitrogen and oxygen atoms in total. The molecule has 0 aliphatic carbocycles. The van der Waals surface area contributed by atoms with Gasteiger partial charge in [-0.15, -0.1) is 0 Å². The van der Waals surface area contributed by atoms with Gasteiger partial charge in [0.1, 0.15) is 5.82 Å². The molecule has 0 bridgehead atoms. The van der Waals surface area contributed by atoms with Crippen molar-refractivity contribution in [1.82, 2.24) is 9.13 Å². The summed E-state index contributed by atoms with van der Waals surface area (Å²) >= 11 is 3.36. The normalized spacial score (nSPS) is 11.0. The van der Waals surface area contributed by atoms with E-state index in [9.17, 15) is 9.59 Å². The van der Waals surface area contributed by atoms with Crippen molar-refractivity contribution in [2.45, 2.75) is 0 Å². The van der Waals surface area contributed by atoms with Gasteiger partial charge in [0.05, 0.1) is 6.21 Å². The van der Waals surface area contributed by atoms with Gasteiger partial charge in [-0.05, 0) is 17.7 Å². The molecule has 0 atom stereocenters. The maximum Gasteiger partial charge on any atom is 0.332 e. The van der Waals surface area contributed by atoms with Crippen LogP contribution in [0.25, 0.3) is 0 Å². The summed E-state index contributed by atoms with van der Waals surface area (Å²) in [5.41, 5.74) is 0.167. The summed E-state index contributed by atoms with van der Waals surface area (Å²) in [6.45, 7) is 0. The molecule has 0 amide bonds. The molecule has 21 heavy (non-hydrogen) atoms. The first-order valence-electron chi connectivity index (χ1n) is 6.20. The summed E-state index contributed by atoms with van der Waals surface area (Å²) in [4.78, 5) is 23.6. The fourth-order valence-electron chi connectivity index (χ4n) is 1.79. The molecule has 110 valence electrons. The maximum absolute atomic E-state index is 11.9. The van der Waals surface area contributed by atoms with Crippen LogP contribution in [0.15, 0.2) is 49.5 Å². The van der Waals surface area contributed by atoms with Crippen LogP contribution in [0.4, 0.5) is 5.82 Å². The second kappa shape index (κ2) is 6.09. The van der Waals surface area contributed by atoms with E-state index in [1.54, 1.807) is 20.3 Å². The van der Waals surface area contributed by atoms with Crippen molar-refractivity contribution in [3.63, 3.8) is 0 Å². The summed E-state index contributed by atoms with van der Waals surface area (Å²) in [7, 11) is 4.73. The number of rotatable bonds is 3. The first-order valence-corrected chi connectivity index (χ1v) is 7.00. The molecule has 0 fully saturated rings. The molecule has 1 aromatic carbocycles. The number of hydrogen-bond acceptors (Lipinski definition) is 4. The highest BCUT2D eigenvalue weighted by molar-refractivity contribution is 9.10. The largest absolute Gasteiger partial charge is 0.332 e. The molecular weight excluding hydrogens is 336 g/mol. The van der Waals surface area contributed by atoms with E-state index in [2.05, 4.69) is 21.0 Å². The highest BCUT2D eigenvalue weighted by Gasteiger charge is 2.08. The lowest BCUT2D eigenvalue weighted by molar-refractivity contribution is 0.676. The molecule has 0 aliphatic rings. The third-order valence-electron chi connectivity index (χ3n) is 3.08. The average molecular weight is 351 g/mol. The number of anilines is 1. The third kappa shape index (κ3) is 3.30. The van der Waals surface area contributed by atoms with E-state index in [-0.39, 0.29) is 11.2 Å². The van der Waals surface area contributed by atoms with Gasteiger partial charge in [-0.25, -0.2) is 4.79 Å². The Bertz CT molecular complexity index is 790. The molecule has 7 heteroatoms. The Morgan fingerprint density at radius 2 is 1.76 bits per heavy atom. The maximum atomic E-state index is 11.9. The van der Waals surface area contributed by atoms with Crippen LogP contribution in [-0.2, 0) is 14.1 Å². The first kappa shape index (κ1) is 15.2. The SMILES string of the molecule is CN(/N=C/c1ccc(Br)cc1)c1cc(=O)n(C)c(=O)n1C. The zero-order chi connectivity index (χ0) is 15.6. The van der Waals surface area contributed by atoms with E-state index in [1.165, 1.54) is 22.7 Å². The monoisotopic (exact) mass is 350 g/mol. The topological polar surface area (TPSA) is 59.6 Å². The first-order chi connectivity index (χ1) is 9.90. The van der Waals surface area contributed by atoms with Crippen LogP contribution in [0.5, 0.6) is 0 Å². The molecule has 0 radical (unpaired) electrons. The summed E-state index contributed by atoms with van der Waals surface area (Å²) in [6.07, 6.45) is 1.66. The Kier molecular flexibility index (Phi) is 4.42. The van der Waals surface area contributed by atoms with Gasteiger partial charge in [0, 0.05) is 31.7 Å². The van der Waals surface area contributed by atoms with Gasteiger partial charge in [-0.2, -0.15) is 5.10 Å². The van der Waals surface area contributed by atoms with E-state index in [0.717, 1.165) is 14.6 Å². The van der Waals surface area contributed by atoms with Crippen molar-refractivity contribution in [3.05, 3.63) is 61.2 Å². The van der Waals surface area contributed by atoms with Crippen LogP contribution >= 0.6 is 15.9 Å². The summed E-state index contributed by atoms with van der Waals surface area (Å²) < 4.78 is 3.41. The van der Waals surface area contributed by atoms with Crippen molar-refractivity contribution < 1.29 is 0 Å². The highest BCUT2D eigenvalue weighted by Crippen LogP contribution is 2.10. The molecule has 0 unspecified atom stereocenters. The summed E-state index contributed by atoms with van der Waals surface area (Å²) in [5.74, 6) is 0.427. The smallest absolute Gasteiger partial charge is 0.281 e. The fourth-order valence-corrected chi connectivity index (χ4v) is 2.06. The molecule has 2 rings (SSSR count). The Balaban J connectivity index is 2.33. The van der Waals surface area contributed by atoms with Gasteiger partial charge in [-0.3, -0.25) is 18.9 Å². The van der Waals surface area contributed by atoms with Crippen molar-refractivity contribution in [3.8, 4) is 0 Å². The van der Waals surface area contributed by atoms with Crippen LogP contribution in [0.2, 0.25) is 0 Å². The fraction of sp³-hybridized carbons (Fsp3) is 0.214. The highest BCUT2D eigenvalue weighted by atomic mass is 79.9. The minimum absolute atomic E-state index is 0.362. The predicted molar refractivity (Wildman–Crippen MR) is 87.1 cm³/mol. The summed E-state index contributed by atoms with van der Waals surface area (Å²) in [5, 5.41) is 5.74. The average Bonchev–Trinajstić information content (AvgIpc) is 2.48. The van der Waals surface area contributed by atoms with Gasteiger partial charge in [0.15, 0.2) is 0 Å². The van der Waals surface area contributed by atoms with Gasteiger partial charge in [0.25, 0.3) is 5.56 Å². The molecule has 2 aromatic rings. The second-order valence-corrected chi connectivity index (χ2v) is 5.48. The van der Waals surface area contributed by atoms with Gasteiger partial charge in [0.2, 0.25) is 0 Å². The van der Waals surface area contributed by atoms with Crippen LogP contribution < -0.4 is 16.3 Å². The van der Waals surface area contributed by atoms with Crippen molar-refractivity contribution in [2.24, 2.45) is 19.2 Å². The molecule has 0 saturated heterocycles. The minimum Gasteiger partial charge on any atom is -0.281 e. The summed E-state index contributed by atoms with van der Waals surface area (Å²) in [6, 6.07) is 9.01. The van der Waals surface area contributed by atoms with Crippen LogP contribution in [0, 0.1) is 0 Å². The number of benzene rings is 1. The second-order valence-electron chi connectivity index (χ2n) is 4.56. The number of hydrazone groups is 1. The quantitative estimate of drug-likeness (QED) is 0.619. The van der Waals surface area contributed by atoms with Gasteiger partial charge >= 0.3 is 5.69 Å². The van der Waals surface area contributed by atoms with E-state index in [1.807, 2.05) is 24.3 Å². The minimum atomic E-state index is -0.386. The number of hydrogen-bond donors (Lipinski definition) is 0. The van der Waals surface area contributed by atoms with E-state index in [4.69, 9.17) is 0 Å². The number of nitrogens with zero attached hydrogens (tertiary/aromatic N) is 4. The van der Waals surface area contributed by atoms with E-state index < -0.39 is 0 Å². The van der Waals surface area contributed by atoms with Crippen LogP contribution in [-0.4, -0.2) is 22.4 Å². The zero-order valence-corrected chi connectivity index (χ0v) is 13.5. The molecule has 0 saturated carbocycles. The van der Waals surface area contributed by atoms with E-state index >= 15 is 0 Å². The Hall–Kier alpha value is -2.15. The lowest BCUT2D eigenvalue weighted by Gasteiger charge is -2.16.